The molecule has 2 aliphatic rings. The molecule has 2 atom stereocenters. The molecule has 0 spiro atoms. The van der Waals surface area contributed by atoms with Crippen LogP contribution in [-0.2, 0) is 4.79 Å². The Morgan fingerprint density at radius 1 is 1.21 bits per heavy atom. The molecule has 0 aromatic heterocycles. The van der Waals surface area contributed by atoms with E-state index in [1.807, 2.05) is 17.9 Å². The highest BCUT2D eigenvalue weighted by Gasteiger charge is 2.40. The third-order valence-corrected chi connectivity index (χ3v) is 6.79. The van der Waals surface area contributed by atoms with Gasteiger partial charge in [0.05, 0.1) is 15.6 Å². The van der Waals surface area contributed by atoms with E-state index < -0.39 is 11.7 Å². The number of amides is 2. The zero-order valence-corrected chi connectivity index (χ0v) is 17.3. The van der Waals surface area contributed by atoms with Crippen LogP contribution in [-0.4, -0.2) is 52.3 Å². The first-order valence-electron chi connectivity index (χ1n) is 9.59. The molecule has 1 heterocycles. The van der Waals surface area contributed by atoms with E-state index in [1.165, 1.54) is 0 Å². The predicted molar refractivity (Wildman–Crippen MR) is 108 cm³/mol. The Labute approximate surface area is 174 Å². The maximum absolute atomic E-state index is 13.1. The Bertz CT molecular complexity index is 746. The van der Waals surface area contributed by atoms with E-state index in [1.54, 1.807) is 12.1 Å². The summed E-state index contributed by atoms with van der Waals surface area (Å²) in [5, 5.41) is 22.5. The van der Waals surface area contributed by atoms with Crippen molar-refractivity contribution in [3.05, 3.63) is 33.8 Å². The molecule has 154 valence electrons. The molecule has 3 rings (SSSR count). The lowest BCUT2D eigenvalue weighted by Gasteiger charge is -2.34. The number of halogens is 2. The van der Waals surface area contributed by atoms with E-state index >= 15 is 0 Å². The maximum atomic E-state index is 13.1. The standard InChI is InChI=1S/C20H26Cl2N2O4/c1-20(28)6-4-12(5-7-20)18(25)24-10-14(9-23-19(26)27)15(11-24)13-2-3-16(21)17(22)8-13/h2-3,8,12,14-15,23,28H,4-7,9-11H2,1H3,(H,26,27)/t12?,14-,15-,20?/m1/s1. The van der Waals surface area contributed by atoms with Crippen molar-refractivity contribution in [2.24, 2.45) is 11.8 Å². The fourth-order valence-corrected chi connectivity index (χ4v) is 4.65. The van der Waals surface area contributed by atoms with Crippen molar-refractivity contribution in [2.75, 3.05) is 19.6 Å². The summed E-state index contributed by atoms with van der Waals surface area (Å²) in [6, 6.07) is 5.42. The summed E-state index contributed by atoms with van der Waals surface area (Å²) in [4.78, 5) is 25.9. The number of benzene rings is 1. The smallest absolute Gasteiger partial charge is 0.404 e. The van der Waals surface area contributed by atoms with Gasteiger partial charge in [-0.2, -0.15) is 0 Å². The Hall–Kier alpha value is -1.50. The normalized spacial score (nSPS) is 30.3. The number of hydrogen-bond donors (Lipinski definition) is 3. The van der Waals surface area contributed by atoms with E-state index in [2.05, 4.69) is 5.32 Å². The molecule has 2 fully saturated rings. The molecule has 1 saturated carbocycles. The number of nitrogens with zero attached hydrogens (tertiary/aromatic N) is 1. The monoisotopic (exact) mass is 428 g/mol. The van der Waals surface area contributed by atoms with Crippen LogP contribution in [0.3, 0.4) is 0 Å². The molecule has 0 radical (unpaired) electrons. The van der Waals surface area contributed by atoms with Crippen LogP contribution in [0.2, 0.25) is 10.0 Å². The average molecular weight is 429 g/mol. The van der Waals surface area contributed by atoms with Crippen LogP contribution < -0.4 is 5.32 Å². The first-order chi connectivity index (χ1) is 13.2. The zero-order chi connectivity index (χ0) is 20.5. The van der Waals surface area contributed by atoms with Gasteiger partial charge in [0.15, 0.2) is 0 Å². The largest absolute Gasteiger partial charge is 0.465 e. The van der Waals surface area contributed by atoms with Gasteiger partial charge in [0.1, 0.15) is 0 Å². The number of rotatable bonds is 4. The van der Waals surface area contributed by atoms with Gasteiger partial charge in [0, 0.05) is 37.4 Å². The topological polar surface area (TPSA) is 89.9 Å². The van der Waals surface area contributed by atoms with Crippen LogP contribution in [0.25, 0.3) is 0 Å². The second-order valence-electron chi connectivity index (χ2n) is 8.24. The van der Waals surface area contributed by atoms with Gasteiger partial charge < -0.3 is 20.4 Å². The molecule has 1 aromatic rings. The van der Waals surface area contributed by atoms with Crippen molar-refractivity contribution in [1.29, 1.82) is 0 Å². The Morgan fingerprint density at radius 2 is 1.89 bits per heavy atom. The predicted octanol–water partition coefficient (Wildman–Crippen LogP) is 3.74. The Morgan fingerprint density at radius 3 is 2.50 bits per heavy atom. The molecule has 0 bridgehead atoms. The molecule has 1 saturated heterocycles. The minimum absolute atomic E-state index is 0.0164. The lowest BCUT2D eigenvalue weighted by atomic mass is 9.79. The highest BCUT2D eigenvalue weighted by molar-refractivity contribution is 6.42. The highest BCUT2D eigenvalue weighted by Crippen LogP contribution is 2.38. The number of carbonyl (C=O) groups is 2. The summed E-state index contributed by atoms with van der Waals surface area (Å²) >= 11 is 12.2. The van der Waals surface area contributed by atoms with E-state index in [4.69, 9.17) is 28.3 Å². The third-order valence-electron chi connectivity index (χ3n) is 6.05. The SMILES string of the molecule is CC1(O)CCC(C(=O)N2C[C@@H](CNC(=O)O)[C@@H](c3ccc(Cl)c(Cl)c3)C2)CC1. The molecule has 6 nitrogen and oxygen atoms in total. The highest BCUT2D eigenvalue weighted by atomic mass is 35.5. The van der Waals surface area contributed by atoms with E-state index in [0.29, 0.717) is 48.8 Å². The lowest BCUT2D eigenvalue weighted by molar-refractivity contribution is -0.137. The maximum Gasteiger partial charge on any atom is 0.404 e. The van der Waals surface area contributed by atoms with Crippen molar-refractivity contribution in [3.8, 4) is 0 Å². The van der Waals surface area contributed by atoms with Gasteiger partial charge in [0.25, 0.3) is 0 Å². The van der Waals surface area contributed by atoms with Gasteiger partial charge in [0.2, 0.25) is 5.91 Å². The summed E-state index contributed by atoms with van der Waals surface area (Å²) in [6.07, 6.45) is 1.53. The van der Waals surface area contributed by atoms with Crippen molar-refractivity contribution in [3.63, 3.8) is 0 Å². The van der Waals surface area contributed by atoms with Crippen LogP contribution in [0.1, 0.15) is 44.1 Å². The van der Waals surface area contributed by atoms with Crippen LogP contribution >= 0.6 is 23.2 Å². The summed E-state index contributed by atoms with van der Waals surface area (Å²) in [5.41, 5.74) is 0.270. The molecule has 1 aromatic carbocycles. The summed E-state index contributed by atoms with van der Waals surface area (Å²) in [7, 11) is 0. The lowest BCUT2D eigenvalue weighted by Crippen LogP contribution is -2.40. The molecule has 1 aliphatic heterocycles. The quantitative estimate of drug-likeness (QED) is 0.680. The van der Waals surface area contributed by atoms with E-state index in [-0.39, 0.29) is 30.2 Å². The minimum Gasteiger partial charge on any atom is -0.465 e. The third kappa shape index (κ3) is 4.91. The summed E-state index contributed by atoms with van der Waals surface area (Å²) in [6.45, 7) is 3.10. The molecule has 28 heavy (non-hydrogen) atoms. The van der Waals surface area contributed by atoms with Crippen molar-refractivity contribution in [1.82, 2.24) is 10.2 Å². The fraction of sp³-hybridized carbons (Fsp3) is 0.600. The van der Waals surface area contributed by atoms with Gasteiger partial charge in [-0.3, -0.25) is 4.79 Å². The van der Waals surface area contributed by atoms with Crippen LogP contribution in [0, 0.1) is 11.8 Å². The number of likely N-dealkylation sites (tertiary alicyclic amines) is 1. The van der Waals surface area contributed by atoms with Crippen molar-refractivity contribution in [2.45, 2.75) is 44.1 Å². The molecule has 2 amide bonds. The first kappa shape index (κ1) is 21.2. The molecule has 3 N–H and O–H groups in total. The number of carbonyl (C=O) groups excluding carboxylic acids is 1. The second-order valence-corrected chi connectivity index (χ2v) is 9.06. The van der Waals surface area contributed by atoms with Gasteiger partial charge in [-0.15, -0.1) is 0 Å². The summed E-state index contributed by atoms with van der Waals surface area (Å²) in [5.74, 6) is -0.0412. The Kier molecular flexibility index (Phi) is 6.42. The van der Waals surface area contributed by atoms with E-state index in [0.717, 1.165) is 5.56 Å². The van der Waals surface area contributed by atoms with Crippen LogP contribution in [0.4, 0.5) is 4.79 Å². The van der Waals surface area contributed by atoms with E-state index in [9.17, 15) is 14.7 Å². The molecular formula is C20H26Cl2N2O4. The van der Waals surface area contributed by atoms with Crippen molar-refractivity contribution < 1.29 is 19.8 Å². The fourth-order valence-electron chi connectivity index (χ4n) is 4.34. The number of aliphatic hydroxyl groups is 1. The molecule has 8 heteroatoms. The number of carboxylic acid groups (broad SMARTS) is 1. The molecule has 0 unspecified atom stereocenters. The van der Waals surface area contributed by atoms with Crippen LogP contribution in [0.15, 0.2) is 18.2 Å². The second kappa shape index (κ2) is 8.47. The van der Waals surface area contributed by atoms with Crippen molar-refractivity contribution >= 4 is 35.2 Å². The number of hydrogen-bond acceptors (Lipinski definition) is 3. The summed E-state index contributed by atoms with van der Waals surface area (Å²) < 4.78 is 0. The average Bonchev–Trinajstić information content (AvgIpc) is 3.06. The van der Waals surface area contributed by atoms with Crippen LogP contribution in [0.5, 0.6) is 0 Å². The minimum atomic E-state index is -1.08. The molecular weight excluding hydrogens is 403 g/mol. The first-order valence-corrected chi connectivity index (χ1v) is 10.3. The molecule has 1 aliphatic carbocycles. The van der Waals surface area contributed by atoms with Gasteiger partial charge in [-0.05, 0) is 50.3 Å². The van der Waals surface area contributed by atoms with Gasteiger partial charge in [-0.25, -0.2) is 4.79 Å². The Balaban J connectivity index is 1.74. The zero-order valence-electron chi connectivity index (χ0n) is 15.8. The number of nitrogens with one attached hydrogen (secondary N) is 1. The van der Waals surface area contributed by atoms with Gasteiger partial charge >= 0.3 is 6.09 Å². The van der Waals surface area contributed by atoms with Gasteiger partial charge in [-0.1, -0.05) is 29.3 Å².